The maximum Gasteiger partial charge on any atom is 0.228 e. The van der Waals surface area contributed by atoms with Crippen LogP contribution in [-0.2, 0) is 4.79 Å². The van der Waals surface area contributed by atoms with Crippen LogP contribution in [0.4, 0.5) is 5.95 Å². The first kappa shape index (κ1) is 20.0. The number of carbonyl (C=O) groups is 1. The zero-order chi connectivity index (χ0) is 22.4. The van der Waals surface area contributed by atoms with Crippen LogP contribution in [0, 0.1) is 0 Å². The fraction of sp³-hybridized carbons (Fsp3) is 0.417. The van der Waals surface area contributed by atoms with E-state index in [1.54, 1.807) is 13.3 Å². The maximum absolute atomic E-state index is 12.1. The van der Waals surface area contributed by atoms with Crippen molar-refractivity contribution in [2.75, 3.05) is 19.0 Å². The van der Waals surface area contributed by atoms with Gasteiger partial charge < -0.3 is 24.3 Å². The van der Waals surface area contributed by atoms with Crippen molar-refractivity contribution in [1.29, 1.82) is 0 Å². The van der Waals surface area contributed by atoms with Crippen molar-refractivity contribution < 1.29 is 9.53 Å². The number of ether oxygens (including phenoxy) is 1. The predicted molar refractivity (Wildman–Crippen MR) is 125 cm³/mol. The van der Waals surface area contributed by atoms with E-state index in [9.17, 15) is 4.79 Å². The predicted octanol–water partition coefficient (Wildman–Crippen LogP) is 3.63. The smallest absolute Gasteiger partial charge is 0.228 e. The Morgan fingerprint density at radius 1 is 1.18 bits per heavy atom. The van der Waals surface area contributed by atoms with E-state index in [-0.39, 0.29) is 0 Å². The minimum absolute atomic E-state index is 0.291. The second-order valence-corrected chi connectivity index (χ2v) is 8.93. The Labute approximate surface area is 191 Å². The van der Waals surface area contributed by atoms with Gasteiger partial charge in [-0.1, -0.05) is 0 Å². The number of aromatic amines is 1. The first-order valence-corrected chi connectivity index (χ1v) is 11.6. The monoisotopic (exact) mass is 445 g/mol. The summed E-state index contributed by atoms with van der Waals surface area (Å²) in [6.45, 7) is 0.918. The summed E-state index contributed by atoms with van der Waals surface area (Å²) < 4.78 is 7.66. The fourth-order valence-corrected chi connectivity index (χ4v) is 5.29. The second kappa shape index (κ2) is 8.06. The normalized spacial score (nSPS) is 21.2. The Bertz CT molecular complexity index is 1320. The Morgan fingerprint density at radius 3 is 2.85 bits per heavy atom. The van der Waals surface area contributed by atoms with Gasteiger partial charge in [0.2, 0.25) is 17.7 Å². The third kappa shape index (κ3) is 3.57. The molecule has 4 aromatic heterocycles. The molecule has 0 atom stereocenters. The second-order valence-electron chi connectivity index (χ2n) is 8.93. The number of carbonyl (C=O) groups excluding carboxylic acids is 1. The molecule has 2 fully saturated rings. The molecule has 9 heteroatoms. The largest absolute Gasteiger partial charge is 0.480 e. The summed E-state index contributed by atoms with van der Waals surface area (Å²) in [5.74, 6) is 1.43. The zero-order valence-electron chi connectivity index (χ0n) is 18.6. The van der Waals surface area contributed by atoms with E-state index in [0.29, 0.717) is 36.2 Å². The van der Waals surface area contributed by atoms with Crippen molar-refractivity contribution in [3.05, 3.63) is 36.9 Å². The van der Waals surface area contributed by atoms with Crippen LogP contribution >= 0.6 is 0 Å². The molecule has 6 rings (SSSR count). The van der Waals surface area contributed by atoms with Gasteiger partial charge in [0.1, 0.15) is 11.3 Å². The molecule has 0 radical (unpaired) electrons. The number of amides is 1. The summed E-state index contributed by atoms with van der Waals surface area (Å²) in [5, 5.41) is 4.36. The molecule has 2 aliphatic rings. The van der Waals surface area contributed by atoms with Gasteiger partial charge in [0, 0.05) is 61.0 Å². The lowest BCUT2D eigenvalue weighted by Gasteiger charge is -2.34. The summed E-state index contributed by atoms with van der Waals surface area (Å²) >= 11 is 0. The summed E-state index contributed by atoms with van der Waals surface area (Å²) in [7, 11) is 1.64. The molecule has 0 bridgehead atoms. The van der Waals surface area contributed by atoms with Gasteiger partial charge in [0.25, 0.3) is 0 Å². The van der Waals surface area contributed by atoms with Crippen LogP contribution in [0.25, 0.3) is 27.8 Å². The molecule has 1 saturated heterocycles. The van der Waals surface area contributed by atoms with Crippen LogP contribution in [0.2, 0.25) is 0 Å². The van der Waals surface area contributed by atoms with Crippen LogP contribution in [0.3, 0.4) is 0 Å². The minimum atomic E-state index is 0.291. The van der Waals surface area contributed by atoms with Crippen LogP contribution in [0.1, 0.15) is 38.5 Å². The highest BCUT2D eigenvalue weighted by Gasteiger charge is 2.31. The number of likely N-dealkylation sites (tertiary alicyclic amines) is 1. The molecular weight excluding hydrogens is 418 g/mol. The van der Waals surface area contributed by atoms with Gasteiger partial charge in [0.15, 0.2) is 0 Å². The molecule has 170 valence electrons. The third-order valence-corrected chi connectivity index (χ3v) is 6.97. The van der Waals surface area contributed by atoms with Gasteiger partial charge in [-0.15, -0.1) is 0 Å². The summed E-state index contributed by atoms with van der Waals surface area (Å²) in [6.07, 6.45) is 13.4. The van der Waals surface area contributed by atoms with Crippen molar-refractivity contribution in [2.24, 2.45) is 0 Å². The number of hydrogen-bond donors (Lipinski definition) is 2. The van der Waals surface area contributed by atoms with E-state index in [2.05, 4.69) is 25.2 Å². The minimum Gasteiger partial charge on any atom is -0.480 e. The van der Waals surface area contributed by atoms with E-state index >= 15 is 0 Å². The lowest BCUT2D eigenvalue weighted by atomic mass is 9.90. The highest BCUT2D eigenvalue weighted by molar-refractivity contribution is 5.97. The molecule has 1 aliphatic heterocycles. The molecule has 1 aliphatic carbocycles. The molecule has 0 aromatic carbocycles. The highest BCUT2D eigenvalue weighted by atomic mass is 16.5. The number of rotatable bonds is 5. The standard InChI is InChI=1S/C24H27N7O2/c1-33-23-21-18(15-4-9-19-25-10-12-30(19)14-15)13-26-22(21)28-24(29-23)27-16-5-7-17(8-6-16)31-11-2-3-20(31)32/h4,9-10,12-14,16-17H,2-3,5-8,11H2,1H3,(H2,26,27,28,29). The van der Waals surface area contributed by atoms with E-state index in [0.717, 1.165) is 66.5 Å². The van der Waals surface area contributed by atoms with Gasteiger partial charge in [-0.3, -0.25) is 4.79 Å². The van der Waals surface area contributed by atoms with Crippen molar-refractivity contribution in [2.45, 2.75) is 50.6 Å². The average Bonchev–Trinajstić information content (AvgIpc) is 3.58. The molecule has 5 heterocycles. The van der Waals surface area contributed by atoms with Crippen molar-refractivity contribution in [3.63, 3.8) is 0 Å². The van der Waals surface area contributed by atoms with Gasteiger partial charge >= 0.3 is 0 Å². The molecule has 33 heavy (non-hydrogen) atoms. The molecular formula is C24H27N7O2. The van der Waals surface area contributed by atoms with Gasteiger partial charge in [-0.05, 0) is 44.2 Å². The van der Waals surface area contributed by atoms with Crippen LogP contribution < -0.4 is 10.1 Å². The number of pyridine rings is 1. The number of aromatic nitrogens is 5. The maximum atomic E-state index is 12.1. The molecule has 4 aromatic rings. The Hall–Kier alpha value is -3.62. The number of hydrogen-bond acceptors (Lipinski definition) is 6. The number of nitrogens with one attached hydrogen (secondary N) is 2. The number of methoxy groups -OCH3 is 1. The lowest BCUT2D eigenvalue weighted by molar-refractivity contribution is -0.130. The van der Waals surface area contributed by atoms with E-state index in [4.69, 9.17) is 9.72 Å². The topological polar surface area (TPSA) is 100 Å². The molecule has 0 unspecified atom stereocenters. The van der Waals surface area contributed by atoms with E-state index in [1.807, 2.05) is 35.1 Å². The third-order valence-electron chi connectivity index (χ3n) is 6.97. The molecule has 9 nitrogen and oxygen atoms in total. The summed E-state index contributed by atoms with van der Waals surface area (Å²) in [4.78, 5) is 31.2. The van der Waals surface area contributed by atoms with Gasteiger partial charge in [-0.2, -0.15) is 9.97 Å². The summed E-state index contributed by atoms with van der Waals surface area (Å²) in [6, 6.07) is 4.71. The molecule has 1 amide bonds. The number of anilines is 1. The zero-order valence-corrected chi connectivity index (χ0v) is 18.6. The SMILES string of the molecule is COc1nc(NC2CCC(N3CCCC3=O)CC2)nc2[nH]cc(-c3ccc4nccn4c3)c12. The molecule has 1 saturated carbocycles. The number of nitrogens with zero attached hydrogens (tertiary/aromatic N) is 5. The average molecular weight is 446 g/mol. The number of imidazole rings is 1. The van der Waals surface area contributed by atoms with E-state index < -0.39 is 0 Å². The lowest BCUT2D eigenvalue weighted by Crippen LogP contribution is -2.41. The first-order chi connectivity index (χ1) is 16.2. The first-order valence-electron chi connectivity index (χ1n) is 11.6. The van der Waals surface area contributed by atoms with E-state index in [1.165, 1.54) is 0 Å². The van der Waals surface area contributed by atoms with Crippen LogP contribution in [0.15, 0.2) is 36.9 Å². The van der Waals surface area contributed by atoms with Crippen molar-refractivity contribution in [3.8, 4) is 17.0 Å². The molecule has 2 N–H and O–H groups in total. The quantitative estimate of drug-likeness (QED) is 0.487. The Morgan fingerprint density at radius 2 is 2.06 bits per heavy atom. The van der Waals surface area contributed by atoms with Crippen LogP contribution in [0.5, 0.6) is 5.88 Å². The molecule has 0 spiro atoms. The Kier molecular flexibility index (Phi) is 4.89. The van der Waals surface area contributed by atoms with Crippen molar-refractivity contribution in [1.82, 2.24) is 29.2 Å². The number of fused-ring (bicyclic) bond motifs is 2. The summed E-state index contributed by atoms with van der Waals surface area (Å²) in [5.41, 5.74) is 3.66. The van der Waals surface area contributed by atoms with Gasteiger partial charge in [0.05, 0.1) is 12.5 Å². The number of H-pyrrole nitrogens is 1. The van der Waals surface area contributed by atoms with Gasteiger partial charge in [-0.25, -0.2) is 4.98 Å². The van der Waals surface area contributed by atoms with Crippen LogP contribution in [-0.4, -0.2) is 60.9 Å². The Balaban J connectivity index is 1.23. The van der Waals surface area contributed by atoms with Crippen molar-refractivity contribution >= 4 is 28.5 Å². The fourth-order valence-electron chi connectivity index (χ4n) is 5.29. The highest BCUT2D eigenvalue weighted by Crippen LogP contribution is 2.35.